The molecule has 0 aliphatic carbocycles. The van der Waals surface area contributed by atoms with Gasteiger partial charge in [0.1, 0.15) is 0 Å². The molecular formula is C13H18F5N. The first-order chi connectivity index (χ1) is 8.16. The summed E-state index contributed by atoms with van der Waals surface area (Å²) in [6.45, 7) is 2.37. The van der Waals surface area contributed by atoms with Crippen molar-refractivity contribution >= 4 is 0 Å². The molecule has 0 radical (unpaired) electrons. The molecule has 0 amide bonds. The second-order valence-corrected chi connectivity index (χ2v) is 4.14. The van der Waals surface area contributed by atoms with Crippen LogP contribution in [0.15, 0.2) is 30.3 Å². The van der Waals surface area contributed by atoms with Crippen LogP contribution in [0.3, 0.4) is 0 Å². The molecular weight excluding hydrogens is 265 g/mol. The van der Waals surface area contributed by atoms with Crippen LogP contribution in [0.5, 0.6) is 0 Å². The first-order valence-corrected chi connectivity index (χ1v) is 5.41. The molecule has 1 aromatic carbocycles. The molecule has 110 valence electrons. The summed E-state index contributed by atoms with van der Waals surface area (Å²) >= 11 is 0. The molecule has 0 bridgehead atoms. The van der Waals surface area contributed by atoms with Gasteiger partial charge in [0.25, 0.3) is 0 Å². The topological polar surface area (TPSA) is 12.0 Å². The third kappa shape index (κ3) is 4.16. The molecule has 0 aromatic heterocycles. The number of benzene rings is 1. The molecule has 0 saturated carbocycles. The van der Waals surface area contributed by atoms with Crippen LogP contribution in [0.25, 0.3) is 0 Å². The predicted octanol–water partition coefficient (Wildman–Crippen LogP) is 4.56. The SMILES string of the molecule is C.CC(N[C@@H](C)c1ccccc1)C(F)(F)C(F)(F)F. The van der Waals surface area contributed by atoms with E-state index >= 15 is 0 Å². The zero-order valence-electron chi connectivity index (χ0n) is 9.93. The van der Waals surface area contributed by atoms with Gasteiger partial charge in [-0.1, -0.05) is 37.8 Å². The number of hydrogen-bond acceptors (Lipinski definition) is 1. The lowest BCUT2D eigenvalue weighted by molar-refractivity contribution is -0.291. The highest BCUT2D eigenvalue weighted by atomic mass is 19.4. The van der Waals surface area contributed by atoms with Gasteiger partial charge in [0.05, 0.1) is 6.04 Å². The second kappa shape index (κ2) is 6.32. The zero-order chi connectivity index (χ0) is 14.0. The summed E-state index contributed by atoms with van der Waals surface area (Å²) in [4.78, 5) is 0. The lowest BCUT2D eigenvalue weighted by Crippen LogP contribution is -2.52. The highest BCUT2D eigenvalue weighted by Gasteiger charge is 2.60. The maximum atomic E-state index is 13.0. The van der Waals surface area contributed by atoms with Crippen molar-refractivity contribution in [3.8, 4) is 0 Å². The minimum absolute atomic E-state index is 0. The Morgan fingerprint density at radius 1 is 0.947 bits per heavy atom. The molecule has 6 heteroatoms. The molecule has 0 aliphatic rings. The average Bonchev–Trinajstić information content (AvgIpc) is 2.28. The molecule has 1 rings (SSSR count). The summed E-state index contributed by atoms with van der Waals surface area (Å²) in [5, 5.41) is 2.27. The highest BCUT2D eigenvalue weighted by molar-refractivity contribution is 5.18. The minimum Gasteiger partial charge on any atom is -0.302 e. The summed E-state index contributed by atoms with van der Waals surface area (Å²) in [6.07, 6.45) is -5.55. The molecule has 0 fully saturated rings. The number of alkyl halides is 5. The van der Waals surface area contributed by atoms with Crippen LogP contribution in [0.2, 0.25) is 0 Å². The van der Waals surface area contributed by atoms with E-state index in [0.29, 0.717) is 5.56 Å². The van der Waals surface area contributed by atoms with E-state index in [0.717, 1.165) is 6.92 Å². The van der Waals surface area contributed by atoms with Gasteiger partial charge in [-0.05, 0) is 19.4 Å². The Labute approximate surface area is 109 Å². The normalized spacial score (nSPS) is 15.5. The van der Waals surface area contributed by atoms with E-state index in [2.05, 4.69) is 5.32 Å². The van der Waals surface area contributed by atoms with Crippen LogP contribution >= 0.6 is 0 Å². The Morgan fingerprint density at radius 2 is 1.42 bits per heavy atom. The van der Waals surface area contributed by atoms with Crippen LogP contribution in [0, 0.1) is 0 Å². The van der Waals surface area contributed by atoms with Gasteiger partial charge in [-0.25, -0.2) is 0 Å². The van der Waals surface area contributed by atoms with E-state index in [1.807, 2.05) is 0 Å². The number of halogens is 5. The fourth-order valence-corrected chi connectivity index (χ4v) is 1.56. The van der Waals surface area contributed by atoms with Crippen molar-refractivity contribution in [1.82, 2.24) is 5.32 Å². The van der Waals surface area contributed by atoms with E-state index in [-0.39, 0.29) is 7.43 Å². The molecule has 0 spiro atoms. The summed E-state index contributed by atoms with van der Waals surface area (Å²) in [5.74, 6) is -4.75. The molecule has 19 heavy (non-hydrogen) atoms. The molecule has 1 unspecified atom stereocenters. The molecule has 0 saturated heterocycles. The van der Waals surface area contributed by atoms with E-state index in [9.17, 15) is 22.0 Å². The maximum absolute atomic E-state index is 13.0. The monoisotopic (exact) mass is 283 g/mol. The lowest BCUT2D eigenvalue weighted by Gasteiger charge is -2.29. The lowest BCUT2D eigenvalue weighted by atomic mass is 10.1. The van der Waals surface area contributed by atoms with E-state index < -0.39 is 24.2 Å². The fourth-order valence-electron chi connectivity index (χ4n) is 1.56. The van der Waals surface area contributed by atoms with Crippen molar-refractivity contribution < 1.29 is 22.0 Å². The quantitative estimate of drug-likeness (QED) is 0.799. The van der Waals surface area contributed by atoms with Crippen LogP contribution in [-0.4, -0.2) is 18.1 Å². The van der Waals surface area contributed by atoms with Gasteiger partial charge < -0.3 is 5.32 Å². The number of hydrogen-bond donors (Lipinski definition) is 1. The fraction of sp³-hybridized carbons (Fsp3) is 0.538. The molecule has 0 heterocycles. The minimum atomic E-state index is -5.55. The van der Waals surface area contributed by atoms with Crippen LogP contribution in [0.4, 0.5) is 22.0 Å². The molecule has 1 aromatic rings. The predicted molar refractivity (Wildman–Crippen MR) is 65.2 cm³/mol. The van der Waals surface area contributed by atoms with E-state index in [4.69, 9.17) is 0 Å². The second-order valence-electron chi connectivity index (χ2n) is 4.14. The summed E-state index contributed by atoms with van der Waals surface area (Å²) in [6, 6.07) is 5.87. The highest BCUT2D eigenvalue weighted by Crippen LogP contribution is 2.38. The van der Waals surface area contributed by atoms with Gasteiger partial charge in [0.2, 0.25) is 0 Å². The Bertz CT molecular complexity index is 374. The van der Waals surface area contributed by atoms with Gasteiger partial charge in [-0.15, -0.1) is 0 Å². The Kier molecular flexibility index (Phi) is 5.93. The van der Waals surface area contributed by atoms with Gasteiger partial charge in [-0.3, -0.25) is 0 Å². The van der Waals surface area contributed by atoms with E-state index in [1.54, 1.807) is 30.3 Å². The van der Waals surface area contributed by atoms with Crippen molar-refractivity contribution in [2.45, 2.75) is 45.5 Å². The third-order valence-electron chi connectivity index (χ3n) is 2.72. The summed E-state index contributed by atoms with van der Waals surface area (Å²) in [7, 11) is 0. The van der Waals surface area contributed by atoms with Gasteiger partial charge in [0, 0.05) is 6.04 Å². The van der Waals surface area contributed by atoms with Gasteiger partial charge in [-0.2, -0.15) is 22.0 Å². The van der Waals surface area contributed by atoms with Gasteiger partial charge >= 0.3 is 12.1 Å². The van der Waals surface area contributed by atoms with Gasteiger partial charge in [0.15, 0.2) is 0 Å². The van der Waals surface area contributed by atoms with Crippen molar-refractivity contribution in [2.24, 2.45) is 0 Å². The van der Waals surface area contributed by atoms with E-state index in [1.165, 1.54) is 6.92 Å². The Morgan fingerprint density at radius 3 is 1.84 bits per heavy atom. The molecule has 1 N–H and O–H groups in total. The Balaban J connectivity index is 0.00000324. The average molecular weight is 283 g/mol. The number of nitrogens with one attached hydrogen (secondary N) is 1. The van der Waals surface area contributed by atoms with Crippen molar-refractivity contribution in [1.29, 1.82) is 0 Å². The van der Waals surface area contributed by atoms with Crippen molar-refractivity contribution in [2.75, 3.05) is 0 Å². The third-order valence-corrected chi connectivity index (χ3v) is 2.72. The summed E-state index contributed by atoms with van der Waals surface area (Å²) in [5.41, 5.74) is 0.655. The van der Waals surface area contributed by atoms with Crippen LogP contribution < -0.4 is 5.32 Å². The summed E-state index contributed by atoms with van der Waals surface area (Å²) < 4.78 is 62.5. The maximum Gasteiger partial charge on any atom is 0.454 e. The zero-order valence-corrected chi connectivity index (χ0v) is 9.93. The standard InChI is InChI=1S/C12H14F5N.CH4/c1-8(10-6-4-3-5-7-10)18-9(2)11(13,14)12(15,16)17;/h3-9,18H,1-2H3;1H4/t8-,9?;/m0./s1. The van der Waals surface area contributed by atoms with Crippen LogP contribution in [0.1, 0.15) is 32.9 Å². The number of rotatable bonds is 4. The largest absolute Gasteiger partial charge is 0.454 e. The van der Waals surface area contributed by atoms with Crippen LogP contribution in [-0.2, 0) is 0 Å². The Hall–Kier alpha value is -1.17. The first-order valence-electron chi connectivity index (χ1n) is 5.41. The van der Waals surface area contributed by atoms with Crippen molar-refractivity contribution in [3.05, 3.63) is 35.9 Å². The molecule has 2 atom stereocenters. The molecule has 1 nitrogen and oxygen atoms in total. The molecule has 0 aliphatic heterocycles. The van der Waals surface area contributed by atoms with Crippen molar-refractivity contribution in [3.63, 3.8) is 0 Å². The first kappa shape index (κ1) is 17.8. The smallest absolute Gasteiger partial charge is 0.302 e.